The molecule has 6 rings (SSSR count). The number of nitrogens with zero attached hydrogens (tertiary/aromatic N) is 5. The number of nitriles is 1. The molecule has 0 aliphatic carbocycles. The molecule has 5 aromatic rings. The van der Waals surface area contributed by atoms with Gasteiger partial charge in [-0.05, 0) is 34.4 Å². The Morgan fingerprint density at radius 3 is 2.45 bits per heavy atom. The summed E-state index contributed by atoms with van der Waals surface area (Å²) in [6.45, 7) is 3.69. The van der Waals surface area contributed by atoms with Crippen molar-refractivity contribution in [2.75, 3.05) is 13.2 Å². The number of carbonyl (C=O) groups excluding carboxylic acids is 3. The van der Waals surface area contributed by atoms with Gasteiger partial charge in [-0.1, -0.05) is 47.7 Å². The summed E-state index contributed by atoms with van der Waals surface area (Å²) in [5.74, 6) is -1.76. The van der Waals surface area contributed by atoms with Crippen LogP contribution in [0.1, 0.15) is 32.0 Å². The van der Waals surface area contributed by atoms with E-state index in [0.717, 1.165) is 26.8 Å². The van der Waals surface area contributed by atoms with Crippen LogP contribution in [0, 0.1) is 11.3 Å². The average molecular weight is 712 g/mol. The molecule has 1 aliphatic heterocycles. The Kier molecular flexibility index (Phi) is 11.0. The molecule has 0 N–H and O–H groups in total. The Hall–Kier alpha value is -5.69. The first-order valence-electron chi connectivity index (χ1n) is 15.9. The van der Waals surface area contributed by atoms with Crippen molar-refractivity contribution in [3.63, 3.8) is 0 Å². The van der Waals surface area contributed by atoms with Gasteiger partial charge < -0.3 is 28.4 Å². The van der Waals surface area contributed by atoms with Gasteiger partial charge in [-0.2, -0.15) is 5.26 Å². The standard InChI is InChI=1S/C36H33N5O9S/c1-21(42)48-31-20-47-36(34(50-23(3)44)33(31)49-22(2)43)46-19-27-18-41(40-39-27)12-13-45-35-29(17-37)28(32-9-6-14-51-32)16-30(38-35)26-11-10-24-7-4-5-8-25(24)15-26/h4-11,14-16,18,31,33-34,36H,12-13,19-20H2,1-3H3/t31-,33+,34-,36-/m1/s1. The number of rotatable bonds is 12. The number of benzene rings is 2. The second-order valence-electron chi connectivity index (χ2n) is 11.5. The molecular weight excluding hydrogens is 678 g/mol. The topological polar surface area (TPSA) is 174 Å². The van der Waals surface area contributed by atoms with Gasteiger partial charge in [0.1, 0.15) is 23.9 Å². The molecule has 0 saturated carbocycles. The lowest BCUT2D eigenvalue weighted by atomic mass is 10.0. The van der Waals surface area contributed by atoms with Gasteiger partial charge in [0, 0.05) is 36.8 Å². The first kappa shape index (κ1) is 35.1. The van der Waals surface area contributed by atoms with Crippen molar-refractivity contribution in [2.45, 2.75) is 58.5 Å². The fourth-order valence-electron chi connectivity index (χ4n) is 5.63. The summed E-state index contributed by atoms with van der Waals surface area (Å²) < 4.78 is 35.2. The summed E-state index contributed by atoms with van der Waals surface area (Å²) in [4.78, 5) is 41.1. The van der Waals surface area contributed by atoms with Crippen molar-refractivity contribution in [3.8, 4) is 33.6 Å². The van der Waals surface area contributed by atoms with E-state index in [-0.39, 0.29) is 32.2 Å². The lowest BCUT2D eigenvalue weighted by Gasteiger charge is -2.40. The van der Waals surface area contributed by atoms with Crippen LogP contribution in [0.4, 0.5) is 0 Å². The zero-order valence-corrected chi connectivity index (χ0v) is 28.7. The van der Waals surface area contributed by atoms with Crippen LogP contribution in [-0.4, -0.2) is 75.7 Å². The third-order valence-corrected chi connectivity index (χ3v) is 8.68. The monoisotopic (exact) mass is 711 g/mol. The molecule has 3 aromatic heterocycles. The Bertz CT molecular complexity index is 2080. The number of aromatic nitrogens is 4. The summed E-state index contributed by atoms with van der Waals surface area (Å²) in [7, 11) is 0. The predicted octanol–water partition coefficient (Wildman–Crippen LogP) is 4.84. The second-order valence-corrected chi connectivity index (χ2v) is 12.5. The number of pyridine rings is 1. The van der Waals surface area contributed by atoms with E-state index in [2.05, 4.69) is 22.4 Å². The van der Waals surface area contributed by atoms with Crippen molar-refractivity contribution in [3.05, 3.63) is 83.5 Å². The highest BCUT2D eigenvalue weighted by Crippen LogP contribution is 2.36. The normalized spacial score (nSPS) is 18.5. The minimum atomic E-state index is -1.22. The fraction of sp³-hybridized carbons (Fsp3) is 0.306. The van der Waals surface area contributed by atoms with Crippen LogP contribution in [0.15, 0.2) is 72.2 Å². The Morgan fingerprint density at radius 2 is 1.73 bits per heavy atom. The highest BCUT2D eigenvalue weighted by molar-refractivity contribution is 7.13. The highest BCUT2D eigenvalue weighted by Gasteiger charge is 2.47. The van der Waals surface area contributed by atoms with Crippen LogP contribution in [0.25, 0.3) is 32.5 Å². The quantitative estimate of drug-likeness (QED) is 0.127. The first-order chi connectivity index (χ1) is 24.7. The molecule has 0 unspecified atom stereocenters. The minimum absolute atomic E-state index is 0.105. The molecule has 1 saturated heterocycles. The average Bonchev–Trinajstić information content (AvgIpc) is 3.81. The first-order valence-corrected chi connectivity index (χ1v) is 16.8. The molecule has 2 aromatic carbocycles. The van der Waals surface area contributed by atoms with Gasteiger partial charge in [-0.3, -0.25) is 14.4 Å². The van der Waals surface area contributed by atoms with Crippen molar-refractivity contribution in [1.29, 1.82) is 5.26 Å². The van der Waals surface area contributed by atoms with Crippen LogP contribution < -0.4 is 4.74 Å². The molecule has 1 fully saturated rings. The zero-order valence-electron chi connectivity index (χ0n) is 27.9. The molecule has 4 atom stereocenters. The molecule has 15 heteroatoms. The maximum Gasteiger partial charge on any atom is 0.303 e. The van der Waals surface area contributed by atoms with E-state index in [1.54, 1.807) is 10.9 Å². The van der Waals surface area contributed by atoms with Crippen LogP contribution in [0.3, 0.4) is 0 Å². The van der Waals surface area contributed by atoms with E-state index >= 15 is 0 Å². The van der Waals surface area contributed by atoms with Crippen LogP contribution in [0.2, 0.25) is 0 Å². The smallest absolute Gasteiger partial charge is 0.303 e. The zero-order chi connectivity index (χ0) is 35.9. The Morgan fingerprint density at radius 1 is 0.961 bits per heavy atom. The van der Waals surface area contributed by atoms with Crippen LogP contribution in [0.5, 0.6) is 5.88 Å². The van der Waals surface area contributed by atoms with E-state index in [0.29, 0.717) is 17.0 Å². The van der Waals surface area contributed by atoms with Gasteiger partial charge in [0.05, 0.1) is 31.6 Å². The van der Waals surface area contributed by atoms with Crippen molar-refractivity contribution < 1.29 is 42.8 Å². The fourth-order valence-corrected chi connectivity index (χ4v) is 6.37. The molecule has 4 heterocycles. The predicted molar refractivity (Wildman–Crippen MR) is 182 cm³/mol. The van der Waals surface area contributed by atoms with Gasteiger partial charge in [-0.15, -0.1) is 16.4 Å². The molecule has 0 spiro atoms. The lowest BCUT2D eigenvalue weighted by molar-refractivity contribution is -0.283. The van der Waals surface area contributed by atoms with E-state index < -0.39 is 42.5 Å². The molecule has 262 valence electrons. The maximum atomic E-state index is 11.9. The summed E-state index contributed by atoms with van der Waals surface area (Å²) in [6, 6.07) is 22.2. The number of esters is 3. The molecule has 0 bridgehead atoms. The number of hydrogen-bond donors (Lipinski definition) is 0. The van der Waals surface area contributed by atoms with E-state index in [1.165, 1.54) is 32.1 Å². The van der Waals surface area contributed by atoms with Gasteiger partial charge >= 0.3 is 17.9 Å². The van der Waals surface area contributed by atoms with Crippen molar-refractivity contribution in [1.82, 2.24) is 20.0 Å². The van der Waals surface area contributed by atoms with Gasteiger partial charge in [-0.25, -0.2) is 9.67 Å². The Labute approximate surface area is 296 Å². The van der Waals surface area contributed by atoms with E-state index in [4.69, 9.17) is 33.4 Å². The number of carbonyl (C=O) groups is 3. The molecule has 0 radical (unpaired) electrons. The molecule has 14 nitrogen and oxygen atoms in total. The summed E-state index contributed by atoms with van der Waals surface area (Å²) in [5, 5.41) is 22.6. The third-order valence-electron chi connectivity index (χ3n) is 7.78. The summed E-state index contributed by atoms with van der Waals surface area (Å²) >= 11 is 1.52. The van der Waals surface area contributed by atoms with E-state index in [9.17, 15) is 19.6 Å². The van der Waals surface area contributed by atoms with E-state index in [1.807, 2.05) is 60.0 Å². The summed E-state index contributed by atoms with van der Waals surface area (Å²) in [6.07, 6.45) is -2.92. The molecule has 1 aliphatic rings. The van der Waals surface area contributed by atoms with Crippen molar-refractivity contribution in [2.24, 2.45) is 0 Å². The van der Waals surface area contributed by atoms with Crippen molar-refractivity contribution >= 4 is 40.0 Å². The largest absolute Gasteiger partial charge is 0.475 e. The summed E-state index contributed by atoms with van der Waals surface area (Å²) in [5.41, 5.74) is 3.03. The number of thiophene rings is 1. The number of ether oxygens (including phenoxy) is 6. The van der Waals surface area contributed by atoms with Gasteiger partial charge in [0.15, 0.2) is 24.6 Å². The molecular formula is C36H33N5O9S. The molecule has 0 amide bonds. The molecule has 51 heavy (non-hydrogen) atoms. The SMILES string of the molecule is CC(=O)O[C@@H]1[C@@H](OC(C)=O)[C@H](OCc2cn(CCOc3nc(-c4ccc5ccccc5c4)cc(-c4cccs4)c3C#N)nn2)OC[C@H]1OC(C)=O. The third kappa shape index (κ3) is 8.55. The maximum absolute atomic E-state index is 11.9. The van der Waals surface area contributed by atoms with Gasteiger partial charge in [0.2, 0.25) is 5.88 Å². The highest BCUT2D eigenvalue weighted by atomic mass is 32.1. The Balaban J connectivity index is 1.14. The minimum Gasteiger partial charge on any atom is -0.475 e. The lowest BCUT2D eigenvalue weighted by Crippen LogP contribution is -2.58. The second kappa shape index (κ2) is 15.9. The van der Waals surface area contributed by atoms with Gasteiger partial charge in [0.25, 0.3) is 0 Å². The van der Waals surface area contributed by atoms with Crippen LogP contribution in [-0.2, 0) is 51.2 Å². The van der Waals surface area contributed by atoms with Crippen LogP contribution >= 0.6 is 11.3 Å². The number of fused-ring (bicyclic) bond motifs is 1. The number of hydrogen-bond acceptors (Lipinski definition) is 14.